The highest BCUT2D eigenvalue weighted by Crippen LogP contribution is 2.28. The molecule has 0 saturated carbocycles. The smallest absolute Gasteiger partial charge is 0.264 e. The number of ether oxygens (including phenoxy) is 1. The van der Waals surface area contributed by atoms with E-state index in [0.717, 1.165) is 11.9 Å². The number of carbonyl (C=O) groups excluding carboxylic acids is 1. The Bertz CT molecular complexity index is 1050. The van der Waals surface area contributed by atoms with E-state index in [1.807, 2.05) is 4.68 Å². The van der Waals surface area contributed by atoms with Crippen LogP contribution in [0, 0.1) is 17.3 Å². The Labute approximate surface area is 154 Å². The number of pyridine rings is 1. The minimum absolute atomic E-state index is 0.0990. The monoisotopic (exact) mass is 365 g/mol. The standard InChI is InChI=1S/C19H16FN5O2/c20-13-1-2-18-16(8-13)17(24-25(18)14-4-6-27-10-14)7-12-9-22-5-3-15(12)19(26)23-11-21/h1-3,5,8-9,14H,4,6-7,10H2,(H,23,26)/t14-/m0/s1. The molecule has 0 spiro atoms. The second kappa shape index (κ2) is 7.13. The predicted molar refractivity (Wildman–Crippen MR) is 94.3 cm³/mol. The molecular formula is C19H16FN5O2. The number of amides is 1. The number of hydrogen-bond acceptors (Lipinski definition) is 5. The lowest BCUT2D eigenvalue weighted by Crippen LogP contribution is -2.19. The maximum atomic E-state index is 13.9. The van der Waals surface area contributed by atoms with Gasteiger partial charge in [-0.1, -0.05) is 0 Å². The number of nitriles is 1. The Kier molecular flexibility index (Phi) is 4.52. The number of carbonyl (C=O) groups is 1. The van der Waals surface area contributed by atoms with Crippen LogP contribution >= 0.6 is 0 Å². The molecule has 3 heterocycles. The third kappa shape index (κ3) is 3.25. The van der Waals surface area contributed by atoms with E-state index in [2.05, 4.69) is 10.3 Å². The van der Waals surface area contributed by atoms with Gasteiger partial charge in [0.15, 0.2) is 6.19 Å². The van der Waals surface area contributed by atoms with Gasteiger partial charge in [0.25, 0.3) is 5.91 Å². The summed E-state index contributed by atoms with van der Waals surface area (Å²) in [4.78, 5) is 16.2. The van der Waals surface area contributed by atoms with Crippen molar-refractivity contribution in [3.63, 3.8) is 0 Å². The van der Waals surface area contributed by atoms with Crippen molar-refractivity contribution in [1.29, 1.82) is 5.26 Å². The predicted octanol–water partition coefficient (Wildman–Crippen LogP) is 2.33. The molecule has 1 amide bonds. The molecule has 0 radical (unpaired) electrons. The number of aromatic nitrogens is 3. The fourth-order valence-electron chi connectivity index (χ4n) is 3.39. The summed E-state index contributed by atoms with van der Waals surface area (Å²) in [7, 11) is 0. The summed E-state index contributed by atoms with van der Waals surface area (Å²) in [5.74, 6) is -0.853. The third-order valence-electron chi connectivity index (χ3n) is 4.67. The lowest BCUT2D eigenvalue weighted by molar-refractivity contribution is 0.0972. The maximum Gasteiger partial charge on any atom is 0.264 e. The molecule has 27 heavy (non-hydrogen) atoms. The van der Waals surface area contributed by atoms with Gasteiger partial charge in [-0.3, -0.25) is 19.8 Å². The highest BCUT2D eigenvalue weighted by Gasteiger charge is 2.23. The van der Waals surface area contributed by atoms with Crippen molar-refractivity contribution in [3.8, 4) is 6.19 Å². The van der Waals surface area contributed by atoms with Gasteiger partial charge < -0.3 is 4.74 Å². The molecule has 1 aliphatic rings. The van der Waals surface area contributed by atoms with Crippen LogP contribution in [0.15, 0.2) is 36.7 Å². The van der Waals surface area contributed by atoms with E-state index in [1.54, 1.807) is 24.5 Å². The number of rotatable bonds is 4. The molecular weight excluding hydrogens is 349 g/mol. The molecule has 1 atom stereocenters. The topological polar surface area (TPSA) is 92.8 Å². The van der Waals surface area contributed by atoms with Gasteiger partial charge in [0, 0.05) is 36.4 Å². The van der Waals surface area contributed by atoms with Crippen molar-refractivity contribution in [2.45, 2.75) is 18.9 Å². The molecule has 2 aromatic heterocycles. The zero-order valence-electron chi connectivity index (χ0n) is 14.4. The summed E-state index contributed by atoms with van der Waals surface area (Å²) >= 11 is 0. The summed E-state index contributed by atoms with van der Waals surface area (Å²) in [6.45, 7) is 1.24. The summed E-state index contributed by atoms with van der Waals surface area (Å²) in [5, 5.41) is 16.2. The van der Waals surface area contributed by atoms with E-state index in [4.69, 9.17) is 15.1 Å². The molecule has 1 saturated heterocycles. The van der Waals surface area contributed by atoms with E-state index >= 15 is 0 Å². The van der Waals surface area contributed by atoms with Crippen LogP contribution in [0.4, 0.5) is 4.39 Å². The average Bonchev–Trinajstić information content (AvgIpc) is 3.31. The highest BCUT2D eigenvalue weighted by molar-refractivity contribution is 5.96. The number of benzene rings is 1. The second-order valence-corrected chi connectivity index (χ2v) is 6.35. The zero-order valence-corrected chi connectivity index (χ0v) is 14.4. The molecule has 7 nitrogen and oxygen atoms in total. The van der Waals surface area contributed by atoms with Crippen LogP contribution in [0.3, 0.4) is 0 Å². The van der Waals surface area contributed by atoms with E-state index in [1.165, 1.54) is 18.3 Å². The van der Waals surface area contributed by atoms with Crippen LogP contribution < -0.4 is 5.32 Å². The number of halogens is 1. The number of fused-ring (bicyclic) bond motifs is 1. The molecule has 1 aliphatic heterocycles. The lowest BCUT2D eigenvalue weighted by Gasteiger charge is -2.09. The van der Waals surface area contributed by atoms with Crippen molar-refractivity contribution in [2.75, 3.05) is 13.2 Å². The summed E-state index contributed by atoms with van der Waals surface area (Å²) in [5.41, 5.74) is 2.43. The van der Waals surface area contributed by atoms with Gasteiger partial charge in [-0.2, -0.15) is 10.4 Å². The van der Waals surface area contributed by atoms with Crippen molar-refractivity contribution in [2.24, 2.45) is 0 Å². The SMILES string of the molecule is N#CNC(=O)c1ccncc1Cc1nn([C@H]2CCOC2)c2ccc(F)cc12. The zero-order chi connectivity index (χ0) is 18.8. The molecule has 4 rings (SSSR count). The number of hydrogen-bond donors (Lipinski definition) is 1. The molecule has 0 aliphatic carbocycles. The van der Waals surface area contributed by atoms with Crippen LogP contribution in [-0.2, 0) is 11.2 Å². The van der Waals surface area contributed by atoms with Gasteiger partial charge in [-0.05, 0) is 36.2 Å². The van der Waals surface area contributed by atoms with Crippen LogP contribution in [0.1, 0.15) is 34.1 Å². The molecule has 0 unspecified atom stereocenters. The largest absolute Gasteiger partial charge is 0.379 e. The van der Waals surface area contributed by atoms with E-state index < -0.39 is 5.91 Å². The maximum absolute atomic E-state index is 13.9. The van der Waals surface area contributed by atoms with E-state index in [0.29, 0.717) is 41.8 Å². The van der Waals surface area contributed by atoms with Crippen LogP contribution in [0.5, 0.6) is 0 Å². The van der Waals surface area contributed by atoms with Gasteiger partial charge in [0.05, 0.1) is 23.9 Å². The molecule has 3 aromatic rings. The fourth-order valence-corrected chi connectivity index (χ4v) is 3.39. The van der Waals surface area contributed by atoms with Crippen molar-refractivity contribution < 1.29 is 13.9 Å². The first-order valence-corrected chi connectivity index (χ1v) is 8.54. The lowest BCUT2D eigenvalue weighted by atomic mass is 10.0. The first-order valence-electron chi connectivity index (χ1n) is 8.54. The summed E-state index contributed by atoms with van der Waals surface area (Å²) in [6.07, 6.45) is 5.82. The number of nitrogens with zero attached hydrogens (tertiary/aromatic N) is 4. The van der Waals surface area contributed by atoms with Crippen molar-refractivity contribution >= 4 is 16.8 Å². The van der Waals surface area contributed by atoms with Crippen LogP contribution in [0.2, 0.25) is 0 Å². The van der Waals surface area contributed by atoms with Gasteiger partial charge >= 0.3 is 0 Å². The first-order chi connectivity index (χ1) is 13.2. The minimum Gasteiger partial charge on any atom is -0.379 e. The Morgan fingerprint density at radius 3 is 3.11 bits per heavy atom. The molecule has 1 aromatic carbocycles. The normalized spacial score (nSPS) is 16.4. The molecule has 1 fully saturated rings. The molecule has 8 heteroatoms. The van der Waals surface area contributed by atoms with E-state index in [9.17, 15) is 9.18 Å². The highest BCUT2D eigenvalue weighted by atomic mass is 19.1. The van der Waals surface area contributed by atoms with Crippen LogP contribution in [0.25, 0.3) is 10.9 Å². The molecule has 0 bridgehead atoms. The van der Waals surface area contributed by atoms with Crippen LogP contribution in [-0.4, -0.2) is 33.9 Å². The average molecular weight is 365 g/mol. The van der Waals surface area contributed by atoms with Gasteiger partial charge in [0.1, 0.15) is 5.82 Å². The van der Waals surface area contributed by atoms with Gasteiger partial charge in [-0.15, -0.1) is 0 Å². The minimum atomic E-state index is -0.506. The first kappa shape index (κ1) is 17.1. The Morgan fingerprint density at radius 1 is 1.44 bits per heavy atom. The molecule has 1 N–H and O–H groups in total. The quantitative estimate of drug-likeness (QED) is 0.566. The van der Waals surface area contributed by atoms with Crippen molar-refractivity contribution in [1.82, 2.24) is 20.1 Å². The summed E-state index contributed by atoms with van der Waals surface area (Å²) < 4.78 is 21.2. The summed E-state index contributed by atoms with van der Waals surface area (Å²) in [6, 6.07) is 6.23. The Balaban J connectivity index is 1.78. The van der Waals surface area contributed by atoms with Gasteiger partial charge in [-0.25, -0.2) is 4.39 Å². The number of nitrogens with one attached hydrogen (secondary N) is 1. The Hall–Kier alpha value is -3.31. The van der Waals surface area contributed by atoms with Crippen molar-refractivity contribution in [3.05, 3.63) is 59.3 Å². The molecule has 136 valence electrons. The Morgan fingerprint density at radius 2 is 2.33 bits per heavy atom. The second-order valence-electron chi connectivity index (χ2n) is 6.35. The third-order valence-corrected chi connectivity index (χ3v) is 4.67. The van der Waals surface area contributed by atoms with E-state index in [-0.39, 0.29) is 11.9 Å². The fraction of sp³-hybridized carbons (Fsp3) is 0.263. The van der Waals surface area contributed by atoms with Gasteiger partial charge in [0.2, 0.25) is 0 Å².